The molecule has 33 heavy (non-hydrogen) atoms. The van der Waals surface area contributed by atoms with E-state index in [1.807, 2.05) is 34.9 Å². The predicted octanol–water partition coefficient (Wildman–Crippen LogP) is 4.26. The Kier molecular flexibility index (Phi) is 7.58. The zero-order valence-corrected chi connectivity index (χ0v) is 20.1. The van der Waals surface area contributed by atoms with E-state index in [1.54, 1.807) is 23.1 Å². The molecule has 0 aliphatic carbocycles. The molecule has 1 aromatic carbocycles. The number of rotatable bonds is 7. The number of amides is 2. The van der Waals surface area contributed by atoms with E-state index in [0.717, 1.165) is 45.3 Å². The van der Waals surface area contributed by atoms with Crippen LogP contribution in [0, 0.1) is 5.41 Å². The summed E-state index contributed by atoms with van der Waals surface area (Å²) in [6.07, 6.45) is 8.77. The fraction of sp³-hybridized carbons (Fsp3) is 0.560. The second kappa shape index (κ2) is 10.6. The van der Waals surface area contributed by atoms with E-state index < -0.39 is 5.41 Å². The molecule has 2 amide bonds. The van der Waals surface area contributed by atoms with Gasteiger partial charge in [-0.25, -0.2) is 0 Å². The topological polar surface area (TPSA) is 67.7 Å². The van der Waals surface area contributed by atoms with Gasteiger partial charge in [-0.15, -0.1) is 0 Å². The summed E-state index contributed by atoms with van der Waals surface area (Å²) >= 11 is 6.13. The van der Waals surface area contributed by atoms with E-state index in [1.165, 1.54) is 6.42 Å². The number of aromatic nitrogens is 2. The minimum Gasteiger partial charge on any atom is -0.493 e. The number of piperidine rings is 2. The van der Waals surface area contributed by atoms with Crippen LogP contribution in [0.2, 0.25) is 5.02 Å². The Morgan fingerprint density at radius 3 is 2.64 bits per heavy atom. The molecule has 0 saturated carbocycles. The van der Waals surface area contributed by atoms with Crippen LogP contribution in [0.25, 0.3) is 0 Å². The number of carbonyl (C=O) groups is 2. The summed E-state index contributed by atoms with van der Waals surface area (Å²) in [7, 11) is 0. The van der Waals surface area contributed by atoms with Crippen LogP contribution < -0.4 is 4.74 Å². The Morgan fingerprint density at radius 2 is 1.91 bits per heavy atom. The molecule has 0 radical (unpaired) electrons. The first-order valence-electron chi connectivity index (χ1n) is 12.0. The van der Waals surface area contributed by atoms with Crippen molar-refractivity contribution in [2.75, 3.05) is 32.8 Å². The molecule has 3 heterocycles. The van der Waals surface area contributed by atoms with Gasteiger partial charge in [0.05, 0.1) is 18.4 Å². The Balaban J connectivity index is 1.52. The number of carbonyl (C=O) groups excluding carboxylic acids is 2. The molecule has 4 rings (SSSR count). The van der Waals surface area contributed by atoms with Crippen LogP contribution in [-0.2, 0) is 11.3 Å². The number of likely N-dealkylation sites (tertiary alicyclic amines) is 2. The number of halogens is 1. The third-order valence-electron chi connectivity index (χ3n) is 6.73. The second-order valence-electron chi connectivity index (χ2n) is 9.28. The van der Waals surface area contributed by atoms with Gasteiger partial charge in [-0.05, 0) is 57.2 Å². The quantitative estimate of drug-likeness (QED) is 0.603. The van der Waals surface area contributed by atoms with Gasteiger partial charge in [0, 0.05) is 55.8 Å². The minimum atomic E-state index is -0.439. The zero-order chi connectivity index (χ0) is 23.3. The van der Waals surface area contributed by atoms with Gasteiger partial charge in [-0.1, -0.05) is 17.7 Å². The summed E-state index contributed by atoms with van der Waals surface area (Å²) in [5, 5.41) is 4.86. The van der Waals surface area contributed by atoms with Gasteiger partial charge in [-0.3, -0.25) is 14.3 Å². The van der Waals surface area contributed by atoms with Crippen LogP contribution in [0.15, 0.2) is 36.7 Å². The Hall–Kier alpha value is -2.54. The molecule has 0 bridgehead atoms. The van der Waals surface area contributed by atoms with Crippen LogP contribution >= 0.6 is 11.6 Å². The van der Waals surface area contributed by atoms with E-state index in [9.17, 15) is 9.59 Å². The lowest BCUT2D eigenvalue weighted by molar-refractivity contribution is -0.136. The summed E-state index contributed by atoms with van der Waals surface area (Å²) in [6.45, 7) is 5.88. The van der Waals surface area contributed by atoms with Gasteiger partial charge in [0.25, 0.3) is 5.91 Å². The summed E-state index contributed by atoms with van der Waals surface area (Å²) in [5.41, 5.74) is 0.150. The van der Waals surface area contributed by atoms with Gasteiger partial charge in [-0.2, -0.15) is 5.10 Å². The van der Waals surface area contributed by atoms with Gasteiger partial charge in [0.1, 0.15) is 5.75 Å². The summed E-state index contributed by atoms with van der Waals surface area (Å²) in [6, 6.07) is 7.32. The molecule has 2 aromatic rings. The van der Waals surface area contributed by atoms with Crippen LogP contribution in [0.5, 0.6) is 5.75 Å². The number of ether oxygens (including phenoxy) is 1. The molecule has 2 aliphatic rings. The standard InChI is InChI=1S/C25H33ClN4O3/c1-2-30-17-20(16-27-30)24(32)29-13-7-10-25(18-29,15-23(31)28-11-4-3-5-12-28)19-33-22-9-6-8-21(26)14-22/h6,8-9,14,16-17H,2-5,7,10-13,15,18-19H2,1H3/t25-/m1/s1. The molecule has 0 spiro atoms. The molecule has 0 N–H and O–H groups in total. The van der Waals surface area contributed by atoms with Crippen LogP contribution in [0.4, 0.5) is 0 Å². The summed E-state index contributed by atoms with van der Waals surface area (Å²) in [5.74, 6) is 0.810. The average Bonchev–Trinajstić information content (AvgIpc) is 3.32. The van der Waals surface area contributed by atoms with Crippen LogP contribution in [0.1, 0.15) is 55.8 Å². The maximum absolute atomic E-state index is 13.3. The highest BCUT2D eigenvalue weighted by molar-refractivity contribution is 6.30. The first-order chi connectivity index (χ1) is 16.0. The first-order valence-corrected chi connectivity index (χ1v) is 12.3. The van der Waals surface area contributed by atoms with E-state index in [-0.39, 0.29) is 11.8 Å². The van der Waals surface area contributed by atoms with Crippen LogP contribution in [0.3, 0.4) is 0 Å². The Labute approximate surface area is 200 Å². The third kappa shape index (κ3) is 5.88. The van der Waals surface area contributed by atoms with E-state index in [0.29, 0.717) is 42.5 Å². The van der Waals surface area contributed by atoms with Crippen molar-refractivity contribution < 1.29 is 14.3 Å². The van der Waals surface area contributed by atoms with Gasteiger partial charge >= 0.3 is 0 Å². The van der Waals surface area contributed by atoms with Crippen molar-refractivity contribution >= 4 is 23.4 Å². The normalized spacial score (nSPS) is 21.2. The minimum absolute atomic E-state index is 0.0352. The highest BCUT2D eigenvalue weighted by Crippen LogP contribution is 2.36. The maximum Gasteiger partial charge on any atom is 0.257 e. The smallest absolute Gasteiger partial charge is 0.257 e. The van der Waals surface area contributed by atoms with Gasteiger partial charge < -0.3 is 14.5 Å². The van der Waals surface area contributed by atoms with E-state index >= 15 is 0 Å². The molecular formula is C25H33ClN4O3. The molecule has 7 nitrogen and oxygen atoms in total. The molecular weight excluding hydrogens is 440 g/mol. The number of hydrogen-bond donors (Lipinski definition) is 0. The van der Waals surface area contributed by atoms with Crippen molar-refractivity contribution in [2.45, 2.75) is 52.0 Å². The lowest BCUT2D eigenvalue weighted by atomic mass is 9.77. The largest absolute Gasteiger partial charge is 0.493 e. The fourth-order valence-corrected chi connectivity index (χ4v) is 5.07. The van der Waals surface area contributed by atoms with E-state index in [2.05, 4.69) is 5.10 Å². The number of benzene rings is 1. The number of nitrogens with zero attached hydrogens (tertiary/aromatic N) is 4. The van der Waals surface area contributed by atoms with Crippen LogP contribution in [-0.4, -0.2) is 64.2 Å². The lowest BCUT2D eigenvalue weighted by Gasteiger charge is -2.43. The van der Waals surface area contributed by atoms with Crippen molar-refractivity contribution in [3.05, 3.63) is 47.2 Å². The molecule has 1 atom stereocenters. The first kappa shape index (κ1) is 23.6. The molecule has 8 heteroatoms. The van der Waals surface area contributed by atoms with Crippen molar-refractivity contribution in [1.82, 2.24) is 19.6 Å². The Morgan fingerprint density at radius 1 is 1.12 bits per heavy atom. The molecule has 2 saturated heterocycles. The fourth-order valence-electron chi connectivity index (χ4n) is 4.89. The number of hydrogen-bond acceptors (Lipinski definition) is 4. The maximum atomic E-state index is 13.3. The Bertz CT molecular complexity index is 972. The van der Waals surface area contributed by atoms with Crippen molar-refractivity contribution in [1.29, 1.82) is 0 Å². The lowest BCUT2D eigenvalue weighted by Crippen LogP contribution is -2.51. The zero-order valence-electron chi connectivity index (χ0n) is 19.3. The number of aryl methyl sites for hydroxylation is 1. The van der Waals surface area contributed by atoms with Crippen molar-refractivity contribution in [2.24, 2.45) is 5.41 Å². The SMILES string of the molecule is CCn1cc(C(=O)N2CCC[C@@](COc3cccc(Cl)c3)(CC(=O)N3CCCCC3)C2)cn1. The van der Waals surface area contributed by atoms with Crippen molar-refractivity contribution in [3.63, 3.8) is 0 Å². The third-order valence-corrected chi connectivity index (χ3v) is 6.96. The summed E-state index contributed by atoms with van der Waals surface area (Å²) in [4.78, 5) is 30.3. The summed E-state index contributed by atoms with van der Waals surface area (Å²) < 4.78 is 7.92. The molecule has 0 unspecified atom stereocenters. The molecule has 2 fully saturated rings. The molecule has 178 valence electrons. The van der Waals surface area contributed by atoms with Crippen molar-refractivity contribution in [3.8, 4) is 5.75 Å². The van der Waals surface area contributed by atoms with Gasteiger partial charge in [0.15, 0.2) is 0 Å². The molecule has 1 aromatic heterocycles. The predicted molar refractivity (Wildman–Crippen MR) is 127 cm³/mol. The highest BCUT2D eigenvalue weighted by atomic mass is 35.5. The van der Waals surface area contributed by atoms with Gasteiger partial charge in [0.2, 0.25) is 5.91 Å². The second-order valence-corrected chi connectivity index (χ2v) is 9.72. The van der Waals surface area contributed by atoms with E-state index in [4.69, 9.17) is 16.3 Å². The average molecular weight is 473 g/mol. The highest BCUT2D eigenvalue weighted by Gasteiger charge is 2.41. The monoisotopic (exact) mass is 472 g/mol. The molecule has 2 aliphatic heterocycles.